The van der Waals surface area contributed by atoms with E-state index in [0.717, 1.165) is 41.2 Å². The summed E-state index contributed by atoms with van der Waals surface area (Å²) < 4.78 is 0. The molecule has 0 saturated heterocycles. The van der Waals surface area contributed by atoms with Gasteiger partial charge in [0, 0.05) is 48.3 Å². The molecular weight excluding hydrogens is 338 g/mol. The van der Waals surface area contributed by atoms with Gasteiger partial charge in [0.2, 0.25) is 5.56 Å². The van der Waals surface area contributed by atoms with Crippen LogP contribution in [0.3, 0.4) is 0 Å². The smallest absolute Gasteiger partial charge is 0.247 e. The van der Waals surface area contributed by atoms with E-state index >= 15 is 0 Å². The van der Waals surface area contributed by atoms with Crippen LogP contribution >= 0.6 is 0 Å². The number of benzene rings is 1. The minimum absolute atomic E-state index is 0.100. The number of aromatic amines is 1. The summed E-state index contributed by atoms with van der Waals surface area (Å²) in [4.78, 5) is 16.4. The van der Waals surface area contributed by atoms with Crippen molar-refractivity contribution in [2.75, 3.05) is 18.0 Å². The lowest BCUT2D eigenvalue weighted by Crippen LogP contribution is -2.35. The van der Waals surface area contributed by atoms with Crippen molar-refractivity contribution in [3.05, 3.63) is 58.5 Å². The maximum atomic E-state index is 11.4. The number of aliphatic hydroxyl groups is 1. The molecular formula is C22H29N3O2. The van der Waals surface area contributed by atoms with Crippen molar-refractivity contribution in [3.8, 4) is 11.1 Å². The summed E-state index contributed by atoms with van der Waals surface area (Å²) in [5.41, 5.74) is 4.70. The van der Waals surface area contributed by atoms with Gasteiger partial charge in [-0.15, -0.1) is 0 Å². The van der Waals surface area contributed by atoms with E-state index in [9.17, 15) is 9.90 Å². The van der Waals surface area contributed by atoms with Gasteiger partial charge in [-0.25, -0.2) is 0 Å². The molecule has 0 aliphatic carbocycles. The maximum absolute atomic E-state index is 11.4. The molecule has 0 radical (unpaired) electrons. The fourth-order valence-corrected chi connectivity index (χ4v) is 3.27. The van der Waals surface area contributed by atoms with E-state index in [-0.39, 0.29) is 5.56 Å². The van der Waals surface area contributed by atoms with Crippen molar-refractivity contribution in [3.63, 3.8) is 0 Å². The van der Waals surface area contributed by atoms with Crippen molar-refractivity contribution in [1.29, 1.82) is 0 Å². The molecule has 1 aliphatic rings. The quantitative estimate of drug-likeness (QED) is 0.732. The molecule has 3 rings (SSSR count). The lowest BCUT2D eigenvalue weighted by Gasteiger charge is -2.34. The highest BCUT2D eigenvalue weighted by molar-refractivity contribution is 5.83. The van der Waals surface area contributed by atoms with Crippen molar-refractivity contribution in [2.24, 2.45) is 0 Å². The second kappa shape index (κ2) is 7.61. The van der Waals surface area contributed by atoms with Gasteiger partial charge in [-0.1, -0.05) is 6.07 Å². The molecule has 27 heavy (non-hydrogen) atoms. The second-order valence-electron chi connectivity index (χ2n) is 8.10. The zero-order valence-electron chi connectivity index (χ0n) is 16.5. The molecule has 2 aromatic rings. The van der Waals surface area contributed by atoms with Crippen LogP contribution in [0.15, 0.2) is 47.4 Å². The lowest BCUT2D eigenvalue weighted by molar-refractivity contribution is 0.0732. The first-order valence-corrected chi connectivity index (χ1v) is 9.50. The zero-order valence-corrected chi connectivity index (χ0v) is 16.5. The van der Waals surface area contributed by atoms with E-state index < -0.39 is 5.60 Å². The summed E-state index contributed by atoms with van der Waals surface area (Å²) >= 11 is 0. The first kappa shape index (κ1) is 19.2. The fourth-order valence-electron chi connectivity index (χ4n) is 3.27. The minimum Gasteiger partial charge on any atom is -0.390 e. The van der Waals surface area contributed by atoms with E-state index in [4.69, 9.17) is 0 Å². The third-order valence-corrected chi connectivity index (χ3v) is 4.70. The van der Waals surface area contributed by atoms with Gasteiger partial charge in [-0.05, 0) is 69.5 Å². The molecule has 5 heteroatoms. The van der Waals surface area contributed by atoms with Crippen molar-refractivity contribution in [2.45, 2.75) is 45.8 Å². The Balaban J connectivity index is 1.97. The summed E-state index contributed by atoms with van der Waals surface area (Å²) in [6.45, 7) is 9.56. The van der Waals surface area contributed by atoms with Gasteiger partial charge in [-0.3, -0.25) is 4.79 Å². The van der Waals surface area contributed by atoms with Gasteiger partial charge in [0.25, 0.3) is 0 Å². The summed E-state index contributed by atoms with van der Waals surface area (Å²) in [6, 6.07) is 10.1. The second-order valence-corrected chi connectivity index (χ2v) is 8.10. The highest BCUT2D eigenvalue weighted by Gasteiger charge is 2.22. The van der Waals surface area contributed by atoms with Crippen LogP contribution in [0.4, 0.5) is 5.69 Å². The largest absolute Gasteiger partial charge is 0.390 e. The van der Waals surface area contributed by atoms with E-state index in [0.29, 0.717) is 12.5 Å². The Morgan fingerprint density at radius 2 is 1.96 bits per heavy atom. The Labute approximate surface area is 160 Å². The van der Waals surface area contributed by atoms with Crippen molar-refractivity contribution < 1.29 is 5.11 Å². The highest BCUT2D eigenvalue weighted by atomic mass is 16.3. The zero-order chi connectivity index (χ0) is 19.6. The molecule has 0 fully saturated rings. The van der Waals surface area contributed by atoms with Gasteiger partial charge in [0.1, 0.15) is 0 Å². The molecule has 1 aromatic carbocycles. The number of rotatable bonds is 6. The number of H-pyrrole nitrogens is 1. The minimum atomic E-state index is -0.684. The Bertz CT molecular complexity index is 871. The van der Waals surface area contributed by atoms with Crippen LogP contribution < -0.4 is 15.8 Å². The molecule has 5 nitrogen and oxygen atoms in total. The first-order chi connectivity index (χ1) is 12.7. The molecule has 2 heterocycles. The highest BCUT2D eigenvalue weighted by Crippen LogP contribution is 2.34. The first-order valence-electron chi connectivity index (χ1n) is 9.50. The molecule has 0 saturated carbocycles. The third kappa shape index (κ3) is 4.80. The van der Waals surface area contributed by atoms with Gasteiger partial charge in [0.15, 0.2) is 0 Å². The number of hydrogen-bond acceptors (Lipinski definition) is 4. The normalized spacial score (nSPS) is 14.1. The molecule has 0 bridgehead atoms. The Hall–Kier alpha value is -2.53. The molecule has 1 aliphatic heterocycles. The molecule has 144 valence electrons. The average molecular weight is 367 g/mol. The van der Waals surface area contributed by atoms with Crippen LogP contribution in [0.1, 0.15) is 39.7 Å². The molecule has 0 amide bonds. The van der Waals surface area contributed by atoms with Gasteiger partial charge in [-0.2, -0.15) is 0 Å². The van der Waals surface area contributed by atoms with Gasteiger partial charge >= 0.3 is 0 Å². The number of anilines is 1. The molecule has 0 atom stereocenters. The molecule has 3 N–H and O–H groups in total. The number of nitrogens with one attached hydrogen (secondary N) is 2. The maximum Gasteiger partial charge on any atom is 0.247 e. The SMILES string of the molecule is CC(C)NC1=CCN(CCC(C)(C)O)c2ccc(-c3ccc(=O)[nH]c3)cc21. The Morgan fingerprint density at radius 3 is 2.59 bits per heavy atom. The summed E-state index contributed by atoms with van der Waals surface area (Å²) in [7, 11) is 0. The van der Waals surface area contributed by atoms with Gasteiger partial charge in [0.05, 0.1) is 5.60 Å². The van der Waals surface area contributed by atoms with Crippen LogP contribution in [-0.4, -0.2) is 34.8 Å². The molecule has 1 aromatic heterocycles. The predicted octanol–water partition coefficient (Wildman–Crippen LogP) is 3.36. The number of pyridine rings is 1. The van der Waals surface area contributed by atoms with E-state index in [1.165, 1.54) is 0 Å². The topological polar surface area (TPSA) is 68.4 Å². The Kier molecular flexibility index (Phi) is 5.42. The van der Waals surface area contributed by atoms with E-state index in [1.54, 1.807) is 12.3 Å². The fraction of sp³-hybridized carbons (Fsp3) is 0.409. The van der Waals surface area contributed by atoms with Crippen molar-refractivity contribution >= 4 is 11.4 Å². The van der Waals surface area contributed by atoms with Crippen LogP contribution in [0.2, 0.25) is 0 Å². The molecule has 0 unspecified atom stereocenters. The predicted molar refractivity (Wildman–Crippen MR) is 112 cm³/mol. The van der Waals surface area contributed by atoms with Crippen LogP contribution in [-0.2, 0) is 0 Å². The van der Waals surface area contributed by atoms with E-state index in [2.05, 4.69) is 53.3 Å². The molecule has 0 spiro atoms. The number of hydrogen-bond donors (Lipinski definition) is 3. The van der Waals surface area contributed by atoms with E-state index in [1.807, 2.05) is 19.9 Å². The summed E-state index contributed by atoms with van der Waals surface area (Å²) in [5.74, 6) is 0. The van der Waals surface area contributed by atoms with Crippen LogP contribution in [0, 0.1) is 0 Å². The number of aromatic nitrogens is 1. The van der Waals surface area contributed by atoms with Crippen LogP contribution in [0.5, 0.6) is 0 Å². The number of nitrogens with zero attached hydrogens (tertiary/aromatic N) is 1. The monoisotopic (exact) mass is 367 g/mol. The number of fused-ring (bicyclic) bond motifs is 1. The third-order valence-electron chi connectivity index (χ3n) is 4.70. The average Bonchev–Trinajstić information content (AvgIpc) is 2.60. The summed E-state index contributed by atoms with van der Waals surface area (Å²) in [6.07, 6.45) is 4.66. The van der Waals surface area contributed by atoms with Crippen LogP contribution in [0.25, 0.3) is 16.8 Å². The van der Waals surface area contributed by atoms with Gasteiger partial charge < -0.3 is 20.3 Å². The summed E-state index contributed by atoms with van der Waals surface area (Å²) in [5, 5.41) is 13.6. The van der Waals surface area contributed by atoms with Crippen molar-refractivity contribution in [1.82, 2.24) is 10.3 Å². The standard InChI is InChI=1S/C22H29N3O2/c1-15(2)24-19-9-11-25(12-10-22(3,4)27)20-7-5-16(13-18(19)20)17-6-8-21(26)23-14-17/h5-9,13-15,24,27H,10-12H2,1-4H3,(H,23,26). The lowest BCUT2D eigenvalue weighted by atomic mass is 9.97. The Morgan fingerprint density at radius 1 is 1.22 bits per heavy atom.